The second-order valence-corrected chi connectivity index (χ2v) is 3.70. The highest BCUT2D eigenvalue weighted by Crippen LogP contribution is 2.26. The van der Waals surface area contributed by atoms with E-state index >= 15 is 0 Å². The van der Waals surface area contributed by atoms with Gasteiger partial charge in [0.05, 0.1) is 13.3 Å². The summed E-state index contributed by atoms with van der Waals surface area (Å²) >= 11 is 0. The lowest BCUT2D eigenvalue weighted by atomic mass is 10.0. The summed E-state index contributed by atoms with van der Waals surface area (Å²) in [6.45, 7) is 4.13. The SMILES string of the molecule is CNC(NC)c1cc(C)c(OC)c(C)c1. The van der Waals surface area contributed by atoms with E-state index in [9.17, 15) is 0 Å². The lowest BCUT2D eigenvalue weighted by molar-refractivity contribution is 0.407. The minimum Gasteiger partial charge on any atom is -0.496 e. The molecule has 1 aromatic carbocycles. The molecule has 84 valence electrons. The Bertz CT molecular complexity index is 309. The largest absolute Gasteiger partial charge is 0.496 e. The van der Waals surface area contributed by atoms with Gasteiger partial charge in [-0.05, 0) is 56.8 Å². The van der Waals surface area contributed by atoms with E-state index in [0.717, 1.165) is 5.75 Å². The van der Waals surface area contributed by atoms with Crippen LogP contribution in [0.2, 0.25) is 0 Å². The number of hydrogen-bond acceptors (Lipinski definition) is 3. The Labute approximate surface area is 91.8 Å². The van der Waals surface area contributed by atoms with E-state index in [1.54, 1.807) is 7.11 Å². The Hall–Kier alpha value is -1.06. The number of aryl methyl sites for hydroxylation is 2. The highest BCUT2D eigenvalue weighted by Gasteiger charge is 2.10. The molecule has 3 heteroatoms. The Balaban J connectivity index is 3.12. The minimum absolute atomic E-state index is 0.188. The van der Waals surface area contributed by atoms with Gasteiger partial charge >= 0.3 is 0 Å². The highest BCUT2D eigenvalue weighted by atomic mass is 16.5. The van der Waals surface area contributed by atoms with Gasteiger partial charge in [0.15, 0.2) is 0 Å². The van der Waals surface area contributed by atoms with Crippen LogP contribution >= 0.6 is 0 Å². The Morgan fingerprint density at radius 1 is 1.07 bits per heavy atom. The summed E-state index contributed by atoms with van der Waals surface area (Å²) in [7, 11) is 5.59. The molecule has 0 spiro atoms. The molecule has 0 fully saturated rings. The fourth-order valence-electron chi connectivity index (χ4n) is 1.95. The van der Waals surface area contributed by atoms with E-state index in [1.807, 2.05) is 14.1 Å². The number of ether oxygens (including phenoxy) is 1. The number of hydrogen-bond donors (Lipinski definition) is 2. The normalized spacial score (nSPS) is 10.8. The van der Waals surface area contributed by atoms with Crippen LogP contribution in [-0.2, 0) is 0 Å². The summed E-state index contributed by atoms with van der Waals surface area (Å²) < 4.78 is 5.34. The van der Waals surface area contributed by atoms with Crippen LogP contribution in [0.25, 0.3) is 0 Å². The van der Waals surface area contributed by atoms with Crippen molar-refractivity contribution in [3.05, 3.63) is 28.8 Å². The van der Waals surface area contributed by atoms with Gasteiger partial charge in [-0.2, -0.15) is 0 Å². The molecule has 2 N–H and O–H groups in total. The van der Waals surface area contributed by atoms with Gasteiger partial charge < -0.3 is 15.4 Å². The Morgan fingerprint density at radius 2 is 1.53 bits per heavy atom. The van der Waals surface area contributed by atoms with Crippen molar-refractivity contribution in [2.24, 2.45) is 0 Å². The topological polar surface area (TPSA) is 33.3 Å². The van der Waals surface area contributed by atoms with E-state index < -0.39 is 0 Å². The fraction of sp³-hybridized carbons (Fsp3) is 0.500. The number of methoxy groups -OCH3 is 1. The smallest absolute Gasteiger partial charge is 0.124 e. The molecule has 0 heterocycles. The molecular formula is C12H20N2O. The van der Waals surface area contributed by atoms with Crippen molar-refractivity contribution in [2.75, 3.05) is 21.2 Å². The van der Waals surface area contributed by atoms with E-state index in [0.29, 0.717) is 0 Å². The summed E-state index contributed by atoms with van der Waals surface area (Å²) in [4.78, 5) is 0. The molecule has 0 aliphatic heterocycles. The first-order valence-electron chi connectivity index (χ1n) is 5.13. The standard InChI is InChI=1S/C12H20N2O/c1-8-6-10(12(13-3)14-4)7-9(2)11(8)15-5/h6-7,12-14H,1-5H3. The van der Waals surface area contributed by atoms with Crippen molar-refractivity contribution in [3.8, 4) is 5.75 Å². The molecule has 0 aliphatic carbocycles. The van der Waals surface area contributed by atoms with Gasteiger partial charge in [0, 0.05) is 0 Å². The molecule has 0 atom stereocenters. The average Bonchev–Trinajstić information content (AvgIpc) is 2.19. The first-order valence-corrected chi connectivity index (χ1v) is 5.13. The van der Waals surface area contributed by atoms with Gasteiger partial charge in [-0.25, -0.2) is 0 Å². The summed E-state index contributed by atoms with van der Waals surface area (Å²) in [6.07, 6.45) is 0.188. The summed E-state index contributed by atoms with van der Waals surface area (Å²) in [5.41, 5.74) is 3.57. The number of benzene rings is 1. The van der Waals surface area contributed by atoms with Crippen molar-refractivity contribution in [2.45, 2.75) is 20.0 Å². The van der Waals surface area contributed by atoms with Crippen molar-refractivity contribution in [1.29, 1.82) is 0 Å². The molecular weight excluding hydrogens is 188 g/mol. The second kappa shape index (κ2) is 5.14. The van der Waals surface area contributed by atoms with Crippen molar-refractivity contribution in [3.63, 3.8) is 0 Å². The van der Waals surface area contributed by atoms with Gasteiger partial charge in [0.1, 0.15) is 5.75 Å². The average molecular weight is 208 g/mol. The van der Waals surface area contributed by atoms with Crippen molar-refractivity contribution >= 4 is 0 Å². The highest BCUT2D eigenvalue weighted by molar-refractivity contribution is 5.44. The summed E-state index contributed by atoms with van der Waals surface area (Å²) in [6, 6.07) is 4.28. The lowest BCUT2D eigenvalue weighted by Gasteiger charge is -2.18. The van der Waals surface area contributed by atoms with E-state index in [1.165, 1.54) is 16.7 Å². The first-order chi connectivity index (χ1) is 7.13. The van der Waals surface area contributed by atoms with Crippen LogP contribution in [0.15, 0.2) is 12.1 Å². The molecule has 0 radical (unpaired) electrons. The van der Waals surface area contributed by atoms with Crippen molar-refractivity contribution < 1.29 is 4.74 Å². The van der Waals surface area contributed by atoms with Crippen LogP contribution in [0.3, 0.4) is 0 Å². The molecule has 0 aliphatic rings. The van der Waals surface area contributed by atoms with E-state index in [-0.39, 0.29) is 6.17 Å². The lowest BCUT2D eigenvalue weighted by Crippen LogP contribution is -2.28. The molecule has 0 unspecified atom stereocenters. The van der Waals surface area contributed by atoms with Crippen LogP contribution in [0.4, 0.5) is 0 Å². The van der Waals surface area contributed by atoms with Gasteiger partial charge in [-0.15, -0.1) is 0 Å². The van der Waals surface area contributed by atoms with Crippen LogP contribution < -0.4 is 15.4 Å². The molecule has 0 saturated heterocycles. The molecule has 3 nitrogen and oxygen atoms in total. The fourth-order valence-corrected chi connectivity index (χ4v) is 1.95. The molecule has 0 bridgehead atoms. The molecule has 0 aromatic heterocycles. The third kappa shape index (κ3) is 2.49. The van der Waals surface area contributed by atoms with Crippen LogP contribution in [-0.4, -0.2) is 21.2 Å². The zero-order valence-electron chi connectivity index (χ0n) is 10.1. The molecule has 0 saturated carbocycles. The summed E-state index contributed by atoms with van der Waals surface area (Å²) in [5.74, 6) is 0.977. The Kier molecular flexibility index (Phi) is 4.12. The third-order valence-electron chi connectivity index (χ3n) is 2.60. The predicted molar refractivity (Wildman–Crippen MR) is 63.3 cm³/mol. The molecule has 0 amide bonds. The molecule has 1 rings (SSSR count). The minimum atomic E-state index is 0.188. The van der Waals surface area contributed by atoms with Gasteiger partial charge in [0.2, 0.25) is 0 Å². The maximum absolute atomic E-state index is 5.34. The van der Waals surface area contributed by atoms with E-state index in [4.69, 9.17) is 4.74 Å². The quantitative estimate of drug-likeness (QED) is 0.740. The maximum atomic E-state index is 5.34. The monoisotopic (exact) mass is 208 g/mol. The maximum Gasteiger partial charge on any atom is 0.124 e. The van der Waals surface area contributed by atoms with Crippen LogP contribution in [0.1, 0.15) is 22.9 Å². The van der Waals surface area contributed by atoms with E-state index in [2.05, 4.69) is 36.6 Å². The Morgan fingerprint density at radius 3 is 1.87 bits per heavy atom. The van der Waals surface area contributed by atoms with Crippen LogP contribution in [0.5, 0.6) is 5.75 Å². The first kappa shape index (κ1) is 12.0. The van der Waals surface area contributed by atoms with Gasteiger partial charge in [0.25, 0.3) is 0 Å². The number of nitrogens with one attached hydrogen (secondary N) is 2. The number of rotatable bonds is 4. The predicted octanol–water partition coefficient (Wildman–Crippen LogP) is 1.75. The molecule has 15 heavy (non-hydrogen) atoms. The summed E-state index contributed by atoms with van der Waals surface area (Å²) in [5, 5.41) is 6.42. The van der Waals surface area contributed by atoms with Crippen molar-refractivity contribution in [1.82, 2.24) is 10.6 Å². The van der Waals surface area contributed by atoms with Gasteiger partial charge in [-0.3, -0.25) is 0 Å². The molecule has 1 aromatic rings. The second-order valence-electron chi connectivity index (χ2n) is 3.70. The van der Waals surface area contributed by atoms with Crippen LogP contribution in [0, 0.1) is 13.8 Å². The van der Waals surface area contributed by atoms with Gasteiger partial charge in [-0.1, -0.05) is 0 Å². The zero-order chi connectivity index (χ0) is 11.4. The third-order valence-corrected chi connectivity index (χ3v) is 2.60. The zero-order valence-corrected chi connectivity index (χ0v) is 10.1.